The number of hydrogen-bond acceptors (Lipinski definition) is 4. The van der Waals surface area contributed by atoms with Crippen molar-refractivity contribution in [2.24, 2.45) is 0 Å². The predicted molar refractivity (Wildman–Crippen MR) is 127 cm³/mol. The molecule has 0 aromatic heterocycles. The van der Waals surface area contributed by atoms with Crippen molar-refractivity contribution in [2.45, 2.75) is 25.7 Å². The van der Waals surface area contributed by atoms with Gasteiger partial charge in [-0.2, -0.15) is 0 Å². The molecule has 0 saturated carbocycles. The number of anilines is 1. The second kappa shape index (κ2) is 9.43. The Balaban J connectivity index is 1.80. The second-order valence-electron chi connectivity index (χ2n) is 8.90. The molecule has 1 aliphatic rings. The monoisotopic (exact) mass is 454 g/mol. The van der Waals surface area contributed by atoms with Gasteiger partial charge in [0.05, 0.1) is 21.9 Å². The normalized spacial score (nSPS) is 14.8. The molecular formula is C23H30N4O4Si. The highest BCUT2D eigenvalue weighted by Crippen LogP contribution is 2.21. The van der Waals surface area contributed by atoms with E-state index in [2.05, 4.69) is 30.3 Å². The summed E-state index contributed by atoms with van der Waals surface area (Å²) < 4.78 is 5.19. The number of hydrogen-bond donors (Lipinski definition) is 2. The Morgan fingerprint density at radius 1 is 1.03 bits per heavy atom. The van der Waals surface area contributed by atoms with Gasteiger partial charge in [-0.15, -0.1) is 0 Å². The van der Waals surface area contributed by atoms with Crippen molar-refractivity contribution < 1.29 is 19.1 Å². The molecular weight excluding hydrogens is 424 g/mol. The van der Waals surface area contributed by atoms with E-state index in [1.165, 1.54) is 15.0 Å². The lowest BCUT2D eigenvalue weighted by atomic mass is 10.1. The van der Waals surface area contributed by atoms with Gasteiger partial charge in [0, 0.05) is 12.7 Å². The molecule has 2 N–H and O–H groups in total. The summed E-state index contributed by atoms with van der Waals surface area (Å²) in [5.41, 5.74) is 1.26. The van der Waals surface area contributed by atoms with Gasteiger partial charge in [0.15, 0.2) is 0 Å². The van der Waals surface area contributed by atoms with Crippen LogP contribution in [-0.2, 0) is 9.59 Å². The first kappa shape index (κ1) is 23.3. The molecule has 1 unspecified atom stereocenters. The van der Waals surface area contributed by atoms with Gasteiger partial charge in [-0.1, -0.05) is 49.1 Å². The zero-order valence-electron chi connectivity index (χ0n) is 19.1. The number of carbonyl (C=O) groups excluding carboxylic acids is 3. The predicted octanol–water partition coefficient (Wildman–Crippen LogP) is 2.36. The first-order valence-electron chi connectivity index (χ1n) is 10.4. The van der Waals surface area contributed by atoms with Crippen LogP contribution in [0.25, 0.3) is 0 Å². The Bertz CT molecular complexity index is 987. The van der Waals surface area contributed by atoms with Gasteiger partial charge in [-0.05, 0) is 29.8 Å². The van der Waals surface area contributed by atoms with Crippen molar-refractivity contribution in [3.05, 3.63) is 54.1 Å². The van der Waals surface area contributed by atoms with E-state index in [1.54, 1.807) is 38.4 Å². The third kappa shape index (κ3) is 5.47. The van der Waals surface area contributed by atoms with Crippen molar-refractivity contribution in [2.75, 3.05) is 32.7 Å². The van der Waals surface area contributed by atoms with E-state index in [1.807, 2.05) is 24.3 Å². The standard InChI is InChI=1S/C23H30N4O4Si/c1-26-15-27(14-20(26)28)23(30)25-21(16-6-10-18(31-2)11-7-16)22(29)24-17-8-12-19(13-9-17)32(3,4)5/h6-13,21H,14-15H2,1-5H3,(H,24,29)(H,25,30). The average molecular weight is 455 g/mol. The fraction of sp³-hybridized carbons (Fsp3) is 0.348. The molecule has 0 bridgehead atoms. The Morgan fingerprint density at radius 3 is 2.16 bits per heavy atom. The molecule has 1 fully saturated rings. The molecule has 170 valence electrons. The largest absolute Gasteiger partial charge is 0.497 e. The molecule has 2 aromatic rings. The summed E-state index contributed by atoms with van der Waals surface area (Å²) in [7, 11) is 1.75. The zero-order valence-corrected chi connectivity index (χ0v) is 20.1. The molecule has 9 heteroatoms. The van der Waals surface area contributed by atoms with Gasteiger partial charge in [0.1, 0.15) is 18.3 Å². The highest BCUT2D eigenvalue weighted by molar-refractivity contribution is 6.88. The van der Waals surface area contributed by atoms with E-state index in [0.29, 0.717) is 17.0 Å². The highest BCUT2D eigenvalue weighted by Gasteiger charge is 2.31. The Morgan fingerprint density at radius 2 is 1.66 bits per heavy atom. The number of likely N-dealkylation sites (N-methyl/N-ethyl adjacent to an activating group) is 1. The summed E-state index contributed by atoms with van der Waals surface area (Å²) in [4.78, 5) is 40.6. The maximum Gasteiger partial charge on any atom is 0.320 e. The van der Waals surface area contributed by atoms with Crippen molar-refractivity contribution in [1.82, 2.24) is 15.1 Å². The summed E-state index contributed by atoms with van der Waals surface area (Å²) in [5.74, 6) is 0.129. The summed E-state index contributed by atoms with van der Waals surface area (Å²) in [5, 5.41) is 6.96. The maximum atomic E-state index is 13.2. The van der Waals surface area contributed by atoms with Crippen LogP contribution in [0.2, 0.25) is 19.6 Å². The van der Waals surface area contributed by atoms with E-state index < -0.39 is 20.1 Å². The van der Waals surface area contributed by atoms with Crippen LogP contribution in [0.4, 0.5) is 10.5 Å². The molecule has 3 rings (SSSR count). The smallest absolute Gasteiger partial charge is 0.320 e. The Labute approximate surface area is 189 Å². The minimum atomic E-state index is -1.45. The average Bonchev–Trinajstić information content (AvgIpc) is 3.10. The maximum absolute atomic E-state index is 13.2. The molecule has 2 aromatic carbocycles. The minimum absolute atomic E-state index is 0.0164. The summed E-state index contributed by atoms with van der Waals surface area (Å²) in [6.45, 7) is 6.94. The number of amides is 4. The van der Waals surface area contributed by atoms with Crippen molar-refractivity contribution in [3.8, 4) is 5.75 Å². The van der Waals surface area contributed by atoms with E-state index in [-0.39, 0.29) is 25.0 Å². The molecule has 8 nitrogen and oxygen atoms in total. The Kier molecular flexibility index (Phi) is 6.88. The van der Waals surface area contributed by atoms with Gasteiger partial charge in [-0.3, -0.25) is 14.5 Å². The van der Waals surface area contributed by atoms with E-state index in [9.17, 15) is 14.4 Å². The molecule has 4 amide bonds. The summed E-state index contributed by atoms with van der Waals surface area (Å²) in [6.07, 6.45) is 0. The van der Waals surface area contributed by atoms with Crippen molar-refractivity contribution >= 4 is 36.8 Å². The third-order valence-electron chi connectivity index (χ3n) is 5.42. The van der Waals surface area contributed by atoms with Crippen LogP contribution in [-0.4, -0.2) is 63.1 Å². The number of ether oxygens (including phenoxy) is 1. The molecule has 1 atom stereocenters. The van der Waals surface area contributed by atoms with E-state index >= 15 is 0 Å². The number of methoxy groups -OCH3 is 1. The van der Waals surface area contributed by atoms with E-state index in [0.717, 1.165) is 0 Å². The van der Waals surface area contributed by atoms with Crippen LogP contribution >= 0.6 is 0 Å². The number of benzene rings is 2. The molecule has 0 radical (unpaired) electrons. The molecule has 1 aliphatic heterocycles. The van der Waals surface area contributed by atoms with Gasteiger partial charge in [-0.25, -0.2) is 4.79 Å². The highest BCUT2D eigenvalue weighted by atomic mass is 28.3. The number of nitrogens with zero attached hydrogens (tertiary/aromatic N) is 2. The SMILES string of the molecule is COc1ccc(C(NC(=O)N2CC(=O)N(C)C2)C(=O)Nc2ccc([Si](C)(C)C)cc2)cc1. The first-order valence-corrected chi connectivity index (χ1v) is 13.9. The van der Waals surface area contributed by atoms with Crippen molar-refractivity contribution in [3.63, 3.8) is 0 Å². The van der Waals surface area contributed by atoms with Gasteiger partial charge < -0.3 is 20.3 Å². The minimum Gasteiger partial charge on any atom is -0.497 e. The van der Waals surface area contributed by atoms with Crippen LogP contribution in [0, 0.1) is 0 Å². The fourth-order valence-electron chi connectivity index (χ4n) is 3.38. The van der Waals surface area contributed by atoms with Gasteiger partial charge >= 0.3 is 6.03 Å². The topological polar surface area (TPSA) is 91.0 Å². The summed E-state index contributed by atoms with van der Waals surface area (Å²) in [6, 6.07) is 13.4. The number of carbonyl (C=O) groups is 3. The molecule has 32 heavy (non-hydrogen) atoms. The second-order valence-corrected chi connectivity index (χ2v) is 14.0. The van der Waals surface area contributed by atoms with Crippen LogP contribution in [0.5, 0.6) is 5.75 Å². The van der Waals surface area contributed by atoms with Crippen LogP contribution in [0.1, 0.15) is 11.6 Å². The molecule has 0 aliphatic carbocycles. The third-order valence-corrected chi connectivity index (χ3v) is 7.48. The molecule has 0 spiro atoms. The first-order chi connectivity index (χ1) is 15.1. The lowest BCUT2D eigenvalue weighted by Gasteiger charge is -2.23. The fourth-order valence-corrected chi connectivity index (χ4v) is 4.55. The quantitative estimate of drug-likeness (QED) is 0.656. The van der Waals surface area contributed by atoms with Crippen molar-refractivity contribution in [1.29, 1.82) is 0 Å². The van der Waals surface area contributed by atoms with Crippen LogP contribution < -0.4 is 20.6 Å². The lowest BCUT2D eigenvalue weighted by molar-refractivity contribution is -0.125. The Hall–Kier alpha value is -3.33. The van der Waals surface area contributed by atoms with Crippen LogP contribution in [0.3, 0.4) is 0 Å². The van der Waals surface area contributed by atoms with Crippen LogP contribution in [0.15, 0.2) is 48.5 Å². The number of urea groups is 1. The number of rotatable bonds is 6. The summed E-state index contributed by atoms with van der Waals surface area (Å²) >= 11 is 0. The van der Waals surface area contributed by atoms with Gasteiger partial charge in [0.25, 0.3) is 5.91 Å². The zero-order chi connectivity index (χ0) is 23.5. The van der Waals surface area contributed by atoms with Gasteiger partial charge in [0.2, 0.25) is 5.91 Å². The molecule has 1 heterocycles. The van der Waals surface area contributed by atoms with E-state index in [4.69, 9.17) is 4.74 Å². The lowest BCUT2D eigenvalue weighted by Crippen LogP contribution is -2.44. The number of nitrogens with one attached hydrogen (secondary N) is 2. The molecule has 1 saturated heterocycles.